The lowest BCUT2D eigenvalue weighted by molar-refractivity contribution is -0.132. The SMILES string of the molecule is CCS(=O)(=O)CCC=C(C)C(=O)O. The van der Waals surface area contributed by atoms with Gasteiger partial charge in [0, 0.05) is 11.3 Å². The predicted molar refractivity (Wildman–Crippen MR) is 50.3 cm³/mol. The molecule has 0 aliphatic rings. The summed E-state index contributed by atoms with van der Waals surface area (Å²) >= 11 is 0. The molecule has 0 rings (SSSR count). The largest absolute Gasteiger partial charge is 0.478 e. The standard InChI is InChI=1S/C8H14O4S/c1-3-13(11,12)6-4-5-7(2)8(9)10/h5H,3-4,6H2,1-2H3,(H,9,10). The Bertz CT molecular complexity index is 300. The molecule has 0 heterocycles. The monoisotopic (exact) mass is 206 g/mol. The fourth-order valence-electron chi connectivity index (χ4n) is 0.687. The zero-order valence-corrected chi connectivity index (χ0v) is 8.60. The summed E-state index contributed by atoms with van der Waals surface area (Å²) in [5.41, 5.74) is 0.186. The van der Waals surface area contributed by atoms with Crippen LogP contribution in [0.3, 0.4) is 0 Å². The Morgan fingerprint density at radius 2 is 2.00 bits per heavy atom. The summed E-state index contributed by atoms with van der Waals surface area (Å²) in [4.78, 5) is 10.3. The molecule has 0 aromatic carbocycles. The van der Waals surface area contributed by atoms with Crippen LogP contribution in [0.2, 0.25) is 0 Å². The first-order valence-corrected chi connectivity index (χ1v) is 5.81. The number of hydrogen-bond donors (Lipinski definition) is 1. The average Bonchev–Trinajstić information content (AvgIpc) is 2.04. The zero-order valence-electron chi connectivity index (χ0n) is 7.78. The van der Waals surface area contributed by atoms with Crippen LogP contribution in [-0.2, 0) is 14.6 Å². The highest BCUT2D eigenvalue weighted by Crippen LogP contribution is 1.99. The van der Waals surface area contributed by atoms with E-state index in [2.05, 4.69) is 0 Å². The number of rotatable bonds is 5. The van der Waals surface area contributed by atoms with Crippen molar-refractivity contribution in [3.05, 3.63) is 11.6 Å². The van der Waals surface area contributed by atoms with Crippen LogP contribution in [-0.4, -0.2) is 31.0 Å². The molecule has 0 unspecified atom stereocenters. The first-order chi connectivity index (χ1) is 5.89. The molecule has 0 saturated carbocycles. The van der Waals surface area contributed by atoms with Gasteiger partial charge in [-0.05, 0) is 13.3 Å². The third-order valence-electron chi connectivity index (χ3n) is 1.66. The zero-order chi connectivity index (χ0) is 10.5. The summed E-state index contributed by atoms with van der Waals surface area (Å²) in [5.74, 6) is -0.880. The Balaban J connectivity index is 4.07. The lowest BCUT2D eigenvalue weighted by Crippen LogP contribution is -2.08. The second-order valence-corrected chi connectivity index (χ2v) is 5.19. The van der Waals surface area contributed by atoms with Gasteiger partial charge in [0.15, 0.2) is 0 Å². The Morgan fingerprint density at radius 3 is 2.38 bits per heavy atom. The molecular weight excluding hydrogens is 192 g/mol. The molecule has 0 aliphatic heterocycles. The first-order valence-electron chi connectivity index (χ1n) is 3.99. The smallest absolute Gasteiger partial charge is 0.330 e. The van der Waals surface area contributed by atoms with Gasteiger partial charge in [0.25, 0.3) is 0 Å². The fraction of sp³-hybridized carbons (Fsp3) is 0.625. The minimum Gasteiger partial charge on any atom is -0.478 e. The van der Waals surface area contributed by atoms with Crippen molar-refractivity contribution in [2.45, 2.75) is 20.3 Å². The molecule has 5 heteroatoms. The van der Waals surface area contributed by atoms with E-state index in [-0.39, 0.29) is 23.5 Å². The summed E-state index contributed by atoms with van der Waals surface area (Å²) in [7, 11) is -2.98. The van der Waals surface area contributed by atoms with Crippen molar-refractivity contribution in [2.75, 3.05) is 11.5 Å². The molecule has 0 spiro atoms. The lowest BCUT2D eigenvalue weighted by Gasteiger charge is -1.97. The Morgan fingerprint density at radius 1 is 1.46 bits per heavy atom. The number of carboxylic acids is 1. The fourth-order valence-corrected chi connectivity index (χ4v) is 1.45. The van der Waals surface area contributed by atoms with Crippen LogP contribution in [0.15, 0.2) is 11.6 Å². The van der Waals surface area contributed by atoms with Gasteiger partial charge in [-0.25, -0.2) is 13.2 Å². The Kier molecular flexibility index (Phi) is 4.69. The van der Waals surface area contributed by atoms with Crippen LogP contribution >= 0.6 is 0 Å². The molecule has 0 bridgehead atoms. The van der Waals surface area contributed by atoms with E-state index in [1.54, 1.807) is 6.92 Å². The third kappa shape index (κ3) is 5.41. The molecular formula is C8H14O4S. The van der Waals surface area contributed by atoms with Gasteiger partial charge in [-0.1, -0.05) is 13.0 Å². The van der Waals surface area contributed by atoms with Crippen molar-refractivity contribution < 1.29 is 18.3 Å². The van der Waals surface area contributed by atoms with Gasteiger partial charge in [-0.15, -0.1) is 0 Å². The van der Waals surface area contributed by atoms with Gasteiger partial charge >= 0.3 is 5.97 Å². The van der Waals surface area contributed by atoms with Crippen LogP contribution < -0.4 is 0 Å². The molecule has 1 N–H and O–H groups in total. The van der Waals surface area contributed by atoms with Gasteiger partial charge in [0.05, 0.1) is 5.75 Å². The predicted octanol–water partition coefficient (Wildman–Crippen LogP) is 0.842. The van der Waals surface area contributed by atoms with Crippen LogP contribution in [0.1, 0.15) is 20.3 Å². The van der Waals surface area contributed by atoms with E-state index in [4.69, 9.17) is 5.11 Å². The van der Waals surface area contributed by atoms with Gasteiger partial charge in [0.1, 0.15) is 9.84 Å². The first kappa shape index (κ1) is 12.2. The maximum atomic E-state index is 11.0. The molecule has 0 aromatic heterocycles. The summed E-state index contributed by atoms with van der Waals surface area (Å²) in [6, 6.07) is 0. The quantitative estimate of drug-likeness (QED) is 0.677. The second kappa shape index (κ2) is 5.01. The van der Waals surface area contributed by atoms with E-state index in [0.29, 0.717) is 0 Å². The van der Waals surface area contributed by atoms with E-state index < -0.39 is 15.8 Å². The molecule has 0 radical (unpaired) electrons. The summed E-state index contributed by atoms with van der Waals surface area (Å²) in [6.07, 6.45) is 1.70. The molecule has 0 aliphatic carbocycles. The van der Waals surface area contributed by atoms with Crippen LogP contribution in [0, 0.1) is 0 Å². The highest BCUT2D eigenvalue weighted by Gasteiger charge is 2.06. The molecule has 0 fully saturated rings. The molecule has 4 nitrogen and oxygen atoms in total. The molecule has 0 saturated heterocycles. The molecule has 0 aromatic rings. The van der Waals surface area contributed by atoms with Crippen LogP contribution in [0.25, 0.3) is 0 Å². The summed E-state index contributed by atoms with van der Waals surface area (Å²) in [5, 5.41) is 8.45. The number of sulfone groups is 1. The van der Waals surface area contributed by atoms with Crippen molar-refractivity contribution in [1.82, 2.24) is 0 Å². The lowest BCUT2D eigenvalue weighted by atomic mass is 10.2. The molecule has 0 amide bonds. The second-order valence-electron chi connectivity index (χ2n) is 2.72. The van der Waals surface area contributed by atoms with Gasteiger partial charge in [0.2, 0.25) is 0 Å². The molecule has 13 heavy (non-hydrogen) atoms. The van der Waals surface area contributed by atoms with Crippen molar-refractivity contribution >= 4 is 15.8 Å². The molecule has 76 valence electrons. The van der Waals surface area contributed by atoms with Crippen molar-refractivity contribution in [2.24, 2.45) is 0 Å². The number of carboxylic acid groups (broad SMARTS) is 1. The Labute approximate surface area is 78.2 Å². The van der Waals surface area contributed by atoms with Gasteiger partial charge in [-0.2, -0.15) is 0 Å². The van der Waals surface area contributed by atoms with E-state index in [9.17, 15) is 13.2 Å². The number of aliphatic carboxylic acids is 1. The Hall–Kier alpha value is -0.840. The average molecular weight is 206 g/mol. The number of carbonyl (C=O) groups is 1. The molecule has 0 atom stereocenters. The van der Waals surface area contributed by atoms with E-state index in [0.717, 1.165) is 0 Å². The maximum absolute atomic E-state index is 11.0. The van der Waals surface area contributed by atoms with Crippen LogP contribution in [0.4, 0.5) is 0 Å². The van der Waals surface area contributed by atoms with Crippen molar-refractivity contribution in [3.63, 3.8) is 0 Å². The highest BCUT2D eigenvalue weighted by molar-refractivity contribution is 7.91. The number of hydrogen-bond acceptors (Lipinski definition) is 3. The third-order valence-corrected chi connectivity index (χ3v) is 3.39. The number of allylic oxidation sites excluding steroid dienone is 1. The van der Waals surface area contributed by atoms with E-state index >= 15 is 0 Å². The van der Waals surface area contributed by atoms with Crippen molar-refractivity contribution in [3.8, 4) is 0 Å². The normalized spacial score (nSPS) is 12.9. The summed E-state index contributed by atoms with van der Waals surface area (Å²) in [6.45, 7) is 3.02. The van der Waals surface area contributed by atoms with Gasteiger partial charge < -0.3 is 5.11 Å². The van der Waals surface area contributed by atoms with E-state index in [1.165, 1.54) is 13.0 Å². The minimum absolute atomic E-state index is 0.0219. The van der Waals surface area contributed by atoms with Gasteiger partial charge in [-0.3, -0.25) is 0 Å². The topological polar surface area (TPSA) is 71.4 Å². The van der Waals surface area contributed by atoms with Crippen LogP contribution in [0.5, 0.6) is 0 Å². The maximum Gasteiger partial charge on any atom is 0.330 e. The van der Waals surface area contributed by atoms with Crippen molar-refractivity contribution in [1.29, 1.82) is 0 Å². The van der Waals surface area contributed by atoms with E-state index in [1.807, 2.05) is 0 Å². The summed E-state index contributed by atoms with van der Waals surface area (Å²) < 4.78 is 21.9. The minimum atomic E-state index is -2.98. The highest BCUT2D eigenvalue weighted by atomic mass is 32.2.